The van der Waals surface area contributed by atoms with Crippen LogP contribution in [0.4, 0.5) is 0 Å². The molecule has 30 heavy (non-hydrogen) atoms. The topological polar surface area (TPSA) is 112 Å². The van der Waals surface area contributed by atoms with Crippen LogP contribution in [0.3, 0.4) is 0 Å². The van der Waals surface area contributed by atoms with E-state index < -0.39 is 16.0 Å². The Labute approximate surface area is 177 Å². The predicted molar refractivity (Wildman–Crippen MR) is 117 cm³/mol. The van der Waals surface area contributed by atoms with Gasteiger partial charge in [0, 0.05) is 6.42 Å². The quantitative estimate of drug-likeness (QED) is 0.565. The molecule has 152 valence electrons. The molecule has 0 saturated carbocycles. The molecule has 1 amide bonds. The van der Waals surface area contributed by atoms with E-state index in [1.165, 1.54) is 35.0 Å². The van der Waals surface area contributed by atoms with Gasteiger partial charge in [-0.3, -0.25) is 10.2 Å². The van der Waals surface area contributed by atoms with Crippen LogP contribution in [0.25, 0.3) is 6.08 Å². The maximum absolute atomic E-state index is 12.5. The molecule has 0 spiro atoms. The van der Waals surface area contributed by atoms with Gasteiger partial charge in [0.25, 0.3) is 5.91 Å². The van der Waals surface area contributed by atoms with E-state index in [2.05, 4.69) is 10.1 Å². The summed E-state index contributed by atoms with van der Waals surface area (Å²) in [7, 11) is -3.67. The summed E-state index contributed by atoms with van der Waals surface area (Å²) >= 11 is 1.26. The number of amidine groups is 2. The van der Waals surface area contributed by atoms with Gasteiger partial charge in [0.2, 0.25) is 5.17 Å². The highest BCUT2D eigenvalue weighted by Crippen LogP contribution is 2.30. The molecule has 8 nitrogen and oxygen atoms in total. The standard InChI is InChI=1S/C20H16N4O4S2/c1-30(26,27)28-15-9-5-8-14(10-15)11-16-18(21)24-20(22-19(16)25)29-17(23-24)12-13-6-3-2-4-7-13/h2-11,21H,12H2,1H3/b16-11-,21-18?. The summed E-state index contributed by atoms with van der Waals surface area (Å²) in [5.41, 5.74) is 1.63. The summed E-state index contributed by atoms with van der Waals surface area (Å²) < 4.78 is 27.5. The first-order valence-electron chi connectivity index (χ1n) is 8.81. The molecule has 0 aliphatic carbocycles. The first-order valence-corrected chi connectivity index (χ1v) is 11.4. The summed E-state index contributed by atoms with van der Waals surface area (Å²) in [4.78, 5) is 16.6. The van der Waals surface area contributed by atoms with Gasteiger partial charge >= 0.3 is 10.1 Å². The first-order chi connectivity index (χ1) is 14.3. The SMILES string of the molecule is CS(=O)(=O)Oc1cccc(/C=C2/C(=N)N3N=C(Cc4ccccc4)SC3=NC2=O)c1. The normalized spacial score (nSPS) is 17.6. The van der Waals surface area contributed by atoms with Crippen LogP contribution in [0.1, 0.15) is 11.1 Å². The molecule has 0 fully saturated rings. The van der Waals surface area contributed by atoms with Crippen molar-refractivity contribution in [2.24, 2.45) is 10.1 Å². The van der Waals surface area contributed by atoms with Crippen LogP contribution in [0, 0.1) is 5.41 Å². The molecule has 2 aliphatic heterocycles. The number of nitrogens with zero attached hydrogens (tertiary/aromatic N) is 3. The van der Waals surface area contributed by atoms with Gasteiger partial charge in [0.1, 0.15) is 10.8 Å². The third kappa shape index (κ3) is 4.50. The summed E-state index contributed by atoms with van der Waals surface area (Å²) in [6.07, 6.45) is 2.99. The van der Waals surface area contributed by atoms with Gasteiger partial charge in [0.15, 0.2) is 5.84 Å². The molecule has 1 N–H and O–H groups in total. The molecule has 0 aromatic heterocycles. The van der Waals surface area contributed by atoms with Crippen molar-refractivity contribution in [1.29, 1.82) is 5.41 Å². The fraction of sp³-hybridized carbons (Fsp3) is 0.100. The van der Waals surface area contributed by atoms with Gasteiger partial charge < -0.3 is 4.18 Å². The Morgan fingerprint density at radius 3 is 2.67 bits per heavy atom. The van der Waals surface area contributed by atoms with Gasteiger partial charge in [-0.1, -0.05) is 42.5 Å². The van der Waals surface area contributed by atoms with E-state index in [1.54, 1.807) is 12.1 Å². The molecule has 10 heteroatoms. The van der Waals surface area contributed by atoms with Gasteiger partial charge in [-0.2, -0.15) is 23.5 Å². The summed E-state index contributed by atoms with van der Waals surface area (Å²) in [6, 6.07) is 16.0. The van der Waals surface area contributed by atoms with Crippen LogP contribution in [0.5, 0.6) is 5.75 Å². The van der Waals surface area contributed by atoms with E-state index >= 15 is 0 Å². The number of hydrogen-bond donors (Lipinski definition) is 1. The van der Waals surface area contributed by atoms with Crippen LogP contribution in [0.2, 0.25) is 0 Å². The maximum atomic E-state index is 12.5. The number of carbonyl (C=O) groups is 1. The minimum atomic E-state index is -3.67. The minimum Gasteiger partial charge on any atom is -0.383 e. The van der Waals surface area contributed by atoms with Crippen LogP contribution < -0.4 is 4.18 Å². The average Bonchev–Trinajstić information content (AvgIpc) is 3.07. The molecule has 2 heterocycles. The van der Waals surface area contributed by atoms with E-state index in [0.717, 1.165) is 16.9 Å². The number of nitrogens with one attached hydrogen (secondary N) is 1. The number of aliphatic imine (C=N–C) groups is 1. The van der Waals surface area contributed by atoms with Crippen LogP contribution in [-0.2, 0) is 21.3 Å². The van der Waals surface area contributed by atoms with Gasteiger partial charge in [0.05, 0.1) is 11.8 Å². The zero-order valence-corrected chi connectivity index (χ0v) is 17.4. The largest absolute Gasteiger partial charge is 0.383 e. The lowest BCUT2D eigenvalue weighted by Crippen LogP contribution is -2.35. The molecule has 0 saturated heterocycles. The van der Waals surface area contributed by atoms with Gasteiger partial charge in [-0.25, -0.2) is 0 Å². The Bertz CT molecular complexity index is 1230. The van der Waals surface area contributed by atoms with Crippen molar-refractivity contribution >= 4 is 49.9 Å². The van der Waals surface area contributed by atoms with Crippen LogP contribution in [-0.4, -0.2) is 41.6 Å². The van der Waals surface area contributed by atoms with Crippen molar-refractivity contribution in [3.63, 3.8) is 0 Å². The molecule has 2 aliphatic rings. The van der Waals surface area contributed by atoms with Crippen molar-refractivity contribution in [3.05, 3.63) is 71.3 Å². The third-order valence-corrected chi connectivity index (χ3v) is 5.51. The highest BCUT2D eigenvalue weighted by atomic mass is 32.2. The number of rotatable bonds is 5. The molecule has 2 aromatic rings. The number of hydrazone groups is 1. The van der Waals surface area contributed by atoms with Crippen LogP contribution in [0.15, 0.2) is 70.3 Å². The highest BCUT2D eigenvalue weighted by Gasteiger charge is 2.35. The van der Waals surface area contributed by atoms with Crippen LogP contribution >= 0.6 is 11.8 Å². The molecule has 0 atom stereocenters. The molecule has 4 rings (SSSR count). The fourth-order valence-electron chi connectivity index (χ4n) is 2.87. The van der Waals surface area contributed by atoms with Crippen molar-refractivity contribution in [2.45, 2.75) is 6.42 Å². The van der Waals surface area contributed by atoms with Crippen molar-refractivity contribution in [2.75, 3.05) is 6.26 Å². The van der Waals surface area contributed by atoms with E-state index in [0.29, 0.717) is 17.2 Å². The predicted octanol–water partition coefficient (Wildman–Crippen LogP) is 2.89. The van der Waals surface area contributed by atoms with E-state index in [9.17, 15) is 13.2 Å². The Kier molecular flexibility index (Phi) is 5.27. The van der Waals surface area contributed by atoms with E-state index in [-0.39, 0.29) is 17.2 Å². The highest BCUT2D eigenvalue weighted by molar-refractivity contribution is 8.26. The Morgan fingerprint density at radius 1 is 1.17 bits per heavy atom. The second-order valence-electron chi connectivity index (χ2n) is 6.54. The minimum absolute atomic E-state index is 0.0561. The number of amides is 1. The second kappa shape index (κ2) is 7.88. The van der Waals surface area contributed by atoms with Crippen molar-refractivity contribution < 1.29 is 17.4 Å². The number of fused-ring (bicyclic) bond motifs is 1. The maximum Gasteiger partial charge on any atom is 0.306 e. The molecule has 0 unspecified atom stereocenters. The zero-order chi connectivity index (χ0) is 21.3. The molecule has 0 bridgehead atoms. The molecule has 2 aromatic carbocycles. The summed E-state index contributed by atoms with van der Waals surface area (Å²) in [5, 5.41) is 15.3. The summed E-state index contributed by atoms with van der Waals surface area (Å²) in [5.74, 6) is -0.523. The zero-order valence-electron chi connectivity index (χ0n) is 15.8. The van der Waals surface area contributed by atoms with Crippen molar-refractivity contribution in [3.8, 4) is 5.75 Å². The second-order valence-corrected chi connectivity index (χ2v) is 9.15. The number of carbonyl (C=O) groups excluding carboxylic acids is 1. The fourth-order valence-corrected chi connectivity index (χ4v) is 4.24. The lowest BCUT2D eigenvalue weighted by molar-refractivity contribution is -0.114. The first kappa shape index (κ1) is 20.0. The van der Waals surface area contributed by atoms with E-state index in [4.69, 9.17) is 9.59 Å². The summed E-state index contributed by atoms with van der Waals surface area (Å²) in [6.45, 7) is 0. The van der Waals surface area contributed by atoms with E-state index in [1.807, 2.05) is 30.3 Å². The monoisotopic (exact) mass is 440 g/mol. The Morgan fingerprint density at radius 2 is 1.93 bits per heavy atom. The average molecular weight is 441 g/mol. The van der Waals surface area contributed by atoms with Gasteiger partial charge in [-0.15, -0.1) is 0 Å². The lowest BCUT2D eigenvalue weighted by atomic mass is 10.1. The number of thioether (sulfide) groups is 1. The Hall–Kier alpha value is -3.24. The Balaban J connectivity index is 1.59. The lowest BCUT2D eigenvalue weighted by Gasteiger charge is -2.20. The number of benzene rings is 2. The molecular formula is C20H16N4O4S2. The van der Waals surface area contributed by atoms with Gasteiger partial charge in [-0.05, 0) is 41.1 Å². The smallest absolute Gasteiger partial charge is 0.306 e. The molecular weight excluding hydrogens is 424 g/mol. The molecule has 0 radical (unpaired) electrons. The van der Waals surface area contributed by atoms with Crippen molar-refractivity contribution in [1.82, 2.24) is 5.01 Å². The third-order valence-electron chi connectivity index (χ3n) is 4.11. The number of hydrogen-bond acceptors (Lipinski definition) is 7.